The number of ether oxygens (including phenoxy) is 6. The molecule has 1 aromatic heterocycles. The fraction of sp³-hybridized carbons (Fsp3) is 0.278. The lowest BCUT2D eigenvalue weighted by molar-refractivity contribution is -0.143. The number of rotatable bonds is 13. The van der Waals surface area contributed by atoms with Gasteiger partial charge in [-0.2, -0.15) is 0 Å². The highest BCUT2D eigenvalue weighted by atomic mass is 79.9. The summed E-state index contributed by atoms with van der Waals surface area (Å²) < 4.78 is 35.8. The predicted octanol–water partition coefficient (Wildman–Crippen LogP) is 5.75. The molecule has 1 aliphatic rings. The monoisotopic (exact) mass is 784 g/mol. The molecule has 0 spiro atoms. The van der Waals surface area contributed by atoms with Crippen molar-refractivity contribution in [1.29, 1.82) is 0 Å². The number of methoxy groups -OCH3 is 2. The quantitative estimate of drug-likeness (QED) is 0.156. The Hall–Kier alpha value is -4.59. The van der Waals surface area contributed by atoms with Crippen LogP contribution in [0.25, 0.3) is 6.08 Å². The Morgan fingerprint density at radius 2 is 1.80 bits per heavy atom. The zero-order chi connectivity index (χ0) is 35.9. The van der Waals surface area contributed by atoms with Crippen LogP contribution < -0.4 is 33.8 Å². The molecule has 0 saturated carbocycles. The first-order chi connectivity index (χ1) is 24.1. The summed E-state index contributed by atoms with van der Waals surface area (Å²) in [4.78, 5) is 44.4. The molecular weight excluding hydrogens is 752 g/mol. The first kappa shape index (κ1) is 36.7. The molecule has 5 rings (SSSR count). The maximum atomic E-state index is 14.2. The van der Waals surface area contributed by atoms with Crippen molar-refractivity contribution in [3.63, 3.8) is 0 Å². The van der Waals surface area contributed by atoms with Crippen molar-refractivity contribution in [3.8, 4) is 23.0 Å². The molecule has 4 aromatic rings. The lowest BCUT2D eigenvalue weighted by Crippen LogP contribution is -2.40. The second-order valence-electron chi connectivity index (χ2n) is 10.8. The van der Waals surface area contributed by atoms with Gasteiger partial charge in [0.2, 0.25) is 0 Å². The van der Waals surface area contributed by atoms with Crippen molar-refractivity contribution in [2.45, 2.75) is 33.4 Å². The molecule has 2 heterocycles. The van der Waals surface area contributed by atoms with Gasteiger partial charge in [-0.1, -0.05) is 41.1 Å². The molecule has 0 fully saturated rings. The van der Waals surface area contributed by atoms with Gasteiger partial charge in [0.05, 0.1) is 53.8 Å². The summed E-state index contributed by atoms with van der Waals surface area (Å²) in [5.41, 5.74) is 2.36. The number of benzene rings is 3. The first-order valence-corrected chi connectivity index (χ1v) is 17.5. The van der Waals surface area contributed by atoms with Crippen molar-refractivity contribution in [3.05, 3.63) is 112 Å². The lowest BCUT2D eigenvalue weighted by atomic mass is 9.95. The van der Waals surface area contributed by atoms with E-state index in [0.717, 1.165) is 5.56 Å². The SMILES string of the molecule is CCOC(=O)C1=C(C)N=c2s/c(=C/c3cc(Br)c(OCc4cccc(Cl)c4)c(OC)c3)c(=O)n2[C@@H]1c1ccc(OCC(=O)OC)c(OCC)c1. The molecule has 50 heavy (non-hydrogen) atoms. The molecule has 0 radical (unpaired) electrons. The van der Waals surface area contributed by atoms with Crippen LogP contribution in [-0.4, -0.2) is 50.5 Å². The first-order valence-electron chi connectivity index (χ1n) is 15.5. The maximum absolute atomic E-state index is 14.2. The summed E-state index contributed by atoms with van der Waals surface area (Å²) in [6.45, 7) is 5.58. The molecule has 3 aromatic carbocycles. The summed E-state index contributed by atoms with van der Waals surface area (Å²) in [7, 11) is 2.80. The summed E-state index contributed by atoms with van der Waals surface area (Å²) >= 11 is 10.9. The van der Waals surface area contributed by atoms with Crippen LogP contribution in [0, 0.1) is 0 Å². The van der Waals surface area contributed by atoms with Gasteiger partial charge in [0.25, 0.3) is 5.56 Å². The minimum absolute atomic E-state index is 0.132. The number of carbonyl (C=O) groups is 2. The van der Waals surface area contributed by atoms with Crippen molar-refractivity contribution in [2.24, 2.45) is 4.99 Å². The Labute approximate surface area is 305 Å². The molecule has 0 bridgehead atoms. The summed E-state index contributed by atoms with van der Waals surface area (Å²) in [5, 5.41) is 0.608. The van der Waals surface area contributed by atoms with E-state index in [4.69, 9.17) is 35.3 Å². The van der Waals surface area contributed by atoms with E-state index < -0.39 is 18.0 Å². The molecule has 0 unspecified atom stereocenters. The highest BCUT2D eigenvalue weighted by molar-refractivity contribution is 9.10. The number of halogens is 2. The lowest BCUT2D eigenvalue weighted by Gasteiger charge is -2.25. The van der Waals surface area contributed by atoms with E-state index in [1.165, 1.54) is 30.1 Å². The third-order valence-corrected chi connectivity index (χ3v) is 9.30. The minimum atomic E-state index is -0.898. The number of esters is 2. The molecule has 1 atom stereocenters. The zero-order valence-corrected chi connectivity index (χ0v) is 31.1. The van der Waals surface area contributed by atoms with E-state index in [9.17, 15) is 14.4 Å². The number of fused-ring (bicyclic) bond motifs is 1. The number of allylic oxidation sites excluding steroid dienone is 1. The average molecular weight is 786 g/mol. The second kappa shape index (κ2) is 16.4. The zero-order valence-electron chi connectivity index (χ0n) is 27.9. The number of hydrogen-bond donors (Lipinski definition) is 0. The maximum Gasteiger partial charge on any atom is 0.343 e. The molecule has 0 amide bonds. The van der Waals surface area contributed by atoms with E-state index in [1.54, 1.807) is 57.2 Å². The van der Waals surface area contributed by atoms with Crippen LogP contribution >= 0.6 is 38.9 Å². The minimum Gasteiger partial charge on any atom is -0.493 e. The Kier molecular flexibility index (Phi) is 12.0. The van der Waals surface area contributed by atoms with E-state index in [2.05, 4.69) is 25.7 Å². The third kappa shape index (κ3) is 8.06. The molecule has 14 heteroatoms. The smallest absolute Gasteiger partial charge is 0.343 e. The van der Waals surface area contributed by atoms with Crippen LogP contribution in [0.4, 0.5) is 0 Å². The van der Waals surface area contributed by atoms with Gasteiger partial charge >= 0.3 is 11.9 Å². The Bertz CT molecular complexity index is 2140. The van der Waals surface area contributed by atoms with E-state index in [0.29, 0.717) is 65.3 Å². The number of hydrogen-bond acceptors (Lipinski definition) is 11. The van der Waals surface area contributed by atoms with Gasteiger partial charge in [-0.05, 0) is 95.9 Å². The number of thiazole rings is 1. The summed E-state index contributed by atoms with van der Waals surface area (Å²) in [6.07, 6.45) is 1.73. The molecule has 0 aliphatic carbocycles. The van der Waals surface area contributed by atoms with Crippen molar-refractivity contribution in [1.82, 2.24) is 4.57 Å². The van der Waals surface area contributed by atoms with E-state index in [1.807, 2.05) is 24.3 Å². The summed E-state index contributed by atoms with van der Waals surface area (Å²) in [5.74, 6) is 0.409. The van der Waals surface area contributed by atoms with Crippen LogP contribution in [0.1, 0.15) is 43.5 Å². The van der Waals surface area contributed by atoms with Crippen LogP contribution in [0.2, 0.25) is 5.02 Å². The molecule has 0 N–H and O–H groups in total. The highest BCUT2D eigenvalue weighted by Gasteiger charge is 2.34. The van der Waals surface area contributed by atoms with Crippen molar-refractivity contribution < 1.29 is 38.0 Å². The molecule has 262 valence electrons. The largest absolute Gasteiger partial charge is 0.493 e. The normalized spacial score (nSPS) is 14.1. The second-order valence-corrected chi connectivity index (χ2v) is 13.1. The predicted molar refractivity (Wildman–Crippen MR) is 192 cm³/mol. The Morgan fingerprint density at radius 3 is 2.50 bits per heavy atom. The Balaban J connectivity index is 1.58. The van der Waals surface area contributed by atoms with Gasteiger partial charge in [-0.15, -0.1) is 0 Å². The van der Waals surface area contributed by atoms with Gasteiger partial charge in [-0.3, -0.25) is 9.36 Å². The Morgan fingerprint density at radius 1 is 1.00 bits per heavy atom. The van der Waals surface area contributed by atoms with Gasteiger partial charge in [0.1, 0.15) is 6.61 Å². The van der Waals surface area contributed by atoms with E-state index >= 15 is 0 Å². The van der Waals surface area contributed by atoms with Crippen LogP contribution in [0.5, 0.6) is 23.0 Å². The van der Waals surface area contributed by atoms with Crippen LogP contribution in [0.3, 0.4) is 0 Å². The van der Waals surface area contributed by atoms with Gasteiger partial charge in [0, 0.05) is 5.02 Å². The number of nitrogens with zero attached hydrogens (tertiary/aromatic N) is 2. The average Bonchev–Trinajstić information content (AvgIpc) is 3.39. The van der Waals surface area contributed by atoms with E-state index in [-0.39, 0.29) is 31.0 Å². The molecule has 11 nitrogen and oxygen atoms in total. The standard InChI is InChI=1S/C36H34BrClN2O9S/c1-6-46-27-17-23(11-12-26(27)48-19-30(41)45-5)32-31(35(43)47-7-2)20(3)39-36-40(32)34(42)29(50-36)16-22-14-25(37)33(28(15-22)44-4)49-18-21-9-8-10-24(38)13-21/h8-17,32H,6-7,18-19H2,1-5H3/b29-16+/t32-/m1/s1. The molecule has 1 aliphatic heterocycles. The van der Waals surface area contributed by atoms with Crippen LogP contribution in [-0.2, 0) is 25.7 Å². The van der Waals surface area contributed by atoms with Crippen LogP contribution in [0.15, 0.2) is 80.1 Å². The van der Waals surface area contributed by atoms with Gasteiger partial charge in [-0.25, -0.2) is 14.6 Å². The number of carbonyl (C=O) groups excluding carboxylic acids is 2. The topological polar surface area (TPSA) is 124 Å². The van der Waals surface area contributed by atoms with Gasteiger partial charge in [0.15, 0.2) is 34.4 Å². The summed E-state index contributed by atoms with van der Waals surface area (Å²) in [6, 6.07) is 15.1. The van der Waals surface area contributed by atoms with Crippen molar-refractivity contribution in [2.75, 3.05) is 34.0 Å². The highest BCUT2D eigenvalue weighted by Crippen LogP contribution is 2.38. The molecule has 0 saturated heterocycles. The fourth-order valence-corrected chi connectivity index (χ4v) is 7.12. The van der Waals surface area contributed by atoms with Crippen molar-refractivity contribution >= 4 is 56.9 Å². The number of aromatic nitrogens is 1. The third-order valence-electron chi connectivity index (χ3n) is 7.50. The molecular formula is C36H34BrClN2O9S. The fourth-order valence-electron chi connectivity index (χ4n) is 5.28. The van der Waals surface area contributed by atoms with Gasteiger partial charge < -0.3 is 28.4 Å².